The molecule has 1 aromatic rings. The maximum Gasteiger partial charge on any atom is 0.250 e. The molecule has 24 heavy (non-hydrogen) atoms. The van der Waals surface area contributed by atoms with Crippen molar-refractivity contribution in [1.82, 2.24) is 0 Å². The second-order valence-corrected chi connectivity index (χ2v) is 11.0. The summed E-state index contributed by atoms with van der Waals surface area (Å²) in [7, 11) is -1.69. The number of hydrogen-bond acceptors (Lipinski definition) is 2. The van der Waals surface area contributed by atoms with Crippen LogP contribution in [0.15, 0.2) is 49.3 Å². The summed E-state index contributed by atoms with van der Waals surface area (Å²) in [5.41, 5.74) is 3.72. The number of benzene rings is 1. The third-order valence-corrected chi connectivity index (χ3v) is 9.62. The molecule has 0 amide bonds. The number of allylic oxidation sites excluding steroid dienone is 2. The maximum absolute atomic E-state index is 6.51. The molecular formula is C21H30O2Si. The SMILES string of the molecule is C=CCOc1ccc2c(c1)CCC=C2C(=C)O[Si](CC)(CC)CC. The summed E-state index contributed by atoms with van der Waals surface area (Å²) in [4.78, 5) is 0. The largest absolute Gasteiger partial charge is 0.543 e. The summed E-state index contributed by atoms with van der Waals surface area (Å²) >= 11 is 0. The van der Waals surface area contributed by atoms with E-state index in [1.165, 1.54) is 16.7 Å². The highest BCUT2D eigenvalue weighted by Gasteiger charge is 2.32. The van der Waals surface area contributed by atoms with Gasteiger partial charge in [-0.25, -0.2) is 0 Å². The number of rotatable bonds is 9. The molecule has 0 heterocycles. The van der Waals surface area contributed by atoms with Crippen LogP contribution >= 0.6 is 0 Å². The van der Waals surface area contributed by atoms with Crippen molar-refractivity contribution < 1.29 is 9.16 Å². The quantitative estimate of drug-likeness (QED) is 0.306. The Morgan fingerprint density at radius 3 is 2.54 bits per heavy atom. The number of aryl methyl sites for hydroxylation is 1. The minimum Gasteiger partial charge on any atom is -0.543 e. The van der Waals surface area contributed by atoms with Gasteiger partial charge in [0, 0.05) is 5.57 Å². The van der Waals surface area contributed by atoms with Crippen LogP contribution < -0.4 is 4.74 Å². The fourth-order valence-corrected chi connectivity index (χ4v) is 5.88. The summed E-state index contributed by atoms with van der Waals surface area (Å²) in [5.74, 6) is 1.76. The standard InChI is InChI=1S/C21H30O2Si/c1-6-15-22-19-13-14-21-18(16-19)11-10-12-20(21)17(5)23-24(7-2,8-3)9-4/h6,12-14,16H,1,5,7-11,15H2,2-4H3. The molecule has 0 saturated heterocycles. The molecule has 0 aliphatic heterocycles. The molecule has 130 valence electrons. The molecule has 3 heteroatoms. The minimum absolute atomic E-state index is 0.537. The third-order valence-electron chi connectivity index (χ3n) is 5.07. The van der Waals surface area contributed by atoms with Crippen molar-refractivity contribution >= 4 is 13.9 Å². The van der Waals surface area contributed by atoms with Crippen molar-refractivity contribution in [3.05, 3.63) is 60.4 Å². The van der Waals surface area contributed by atoms with Crippen molar-refractivity contribution in [1.29, 1.82) is 0 Å². The van der Waals surface area contributed by atoms with Crippen LogP contribution in [0.1, 0.15) is 38.3 Å². The van der Waals surface area contributed by atoms with E-state index < -0.39 is 8.32 Å². The predicted octanol–water partition coefficient (Wildman–Crippen LogP) is 6.12. The molecule has 0 N–H and O–H groups in total. The van der Waals surface area contributed by atoms with E-state index in [2.05, 4.69) is 52.1 Å². The van der Waals surface area contributed by atoms with Crippen molar-refractivity contribution in [3.8, 4) is 5.75 Å². The second kappa shape index (κ2) is 8.38. The van der Waals surface area contributed by atoms with E-state index in [1.54, 1.807) is 6.08 Å². The zero-order valence-electron chi connectivity index (χ0n) is 15.4. The van der Waals surface area contributed by atoms with Gasteiger partial charge in [0.2, 0.25) is 8.32 Å². The van der Waals surface area contributed by atoms with E-state index in [0.717, 1.165) is 42.5 Å². The Kier molecular flexibility index (Phi) is 6.49. The Balaban J connectivity index is 2.23. The molecule has 0 atom stereocenters. The van der Waals surface area contributed by atoms with Gasteiger partial charge in [0.15, 0.2) is 0 Å². The first kappa shape index (κ1) is 18.6. The molecule has 1 aliphatic carbocycles. The fraction of sp³-hybridized carbons (Fsp3) is 0.429. The van der Waals surface area contributed by atoms with Crippen LogP contribution in [0.25, 0.3) is 5.57 Å². The van der Waals surface area contributed by atoms with Crippen LogP contribution in [-0.4, -0.2) is 14.9 Å². The van der Waals surface area contributed by atoms with E-state index in [9.17, 15) is 0 Å². The number of hydrogen-bond donors (Lipinski definition) is 0. The first-order chi connectivity index (χ1) is 11.6. The molecule has 2 rings (SSSR count). The van der Waals surface area contributed by atoms with Crippen LogP contribution in [0.5, 0.6) is 5.75 Å². The number of ether oxygens (including phenoxy) is 1. The second-order valence-electron chi connectivity index (χ2n) is 6.34. The Morgan fingerprint density at radius 1 is 1.21 bits per heavy atom. The highest BCUT2D eigenvalue weighted by atomic mass is 28.4. The van der Waals surface area contributed by atoms with Gasteiger partial charge in [-0.05, 0) is 54.2 Å². The molecule has 0 unspecified atom stereocenters. The topological polar surface area (TPSA) is 18.5 Å². The molecule has 0 radical (unpaired) electrons. The lowest BCUT2D eigenvalue weighted by Crippen LogP contribution is -2.35. The highest BCUT2D eigenvalue weighted by molar-refractivity contribution is 6.73. The van der Waals surface area contributed by atoms with Gasteiger partial charge in [-0.3, -0.25) is 0 Å². The van der Waals surface area contributed by atoms with E-state index in [-0.39, 0.29) is 0 Å². The lowest BCUT2D eigenvalue weighted by atomic mass is 9.90. The van der Waals surface area contributed by atoms with Gasteiger partial charge < -0.3 is 9.16 Å². The van der Waals surface area contributed by atoms with Gasteiger partial charge in [0.1, 0.15) is 18.1 Å². The van der Waals surface area contributed by atoms with E-state index in [1.807, 2.05) is 6.07 Å². The first-order valence-corrected chi connectivity index (χ1v) is 11.6. The maximum atomic E-state index is 6.51. The Labute approximate surface area is 148 Å². The van der Waals surface area contributed by atoms with Crippen LogP contribution in [0.3, 0.4) is 0 Å². The molecule has 1 aliphatic rings. The first-order valence-electron chi connectivity index (χ1n) is 9.04. The van der Waals surface area contributed by atoms with Gasteiger partial charge in [-0.15, -0.1) is 0 Å². The summed E-state index contributed by atoms with van der Waals surface area (Å²) in [6.45, 7) is 15.3. The molecular weight excluding hydrogens is 312 g/mol. The summed E-state index contributed by atoms with van der Waals surface area (Å²) in [6.07, 6.45) is 6.10. The molecule has 1 aromatic carbocycles. The van der Waals surface area contributed by atoms with Gasteiger partial charge in [0.05, 0.1) is 0 Å². The lowest BCUT2D eigenvalue weighted by Gasteiger charge is -2.32. The van der Waals surface area contributed by atoms with E-state index in [4.69, 9.17) is 9.16 Å². The van der Waals surface area contributed by atoms with E-state index in [0.29, 0.717) is 6.61 Å². The normalized spacial score (nSPS) is 13.7. The zero-order chi connectivity index (χ0) is 17.6. The van der Waals surface area contributed by atoms with Crippen LogP contribution in [0.2, 0.25) is 18.1 Å². The predicted molar refractivity (Wildman–Crippen MR) is 106 cm³/mol. The van der Waals surface area contributed by atoms with Gasteiger partial charge in [0.25, 0.3) is 0 Å². The van der Waals surface area contributed by atoms with Crippen LogP contribution in [0, 0.1) is 0 Å². The summed E-state index contributed by atoms with van der Waals surface area (Å²) in [6, 6.07) is 9.71. The Bertz CT molecular complexity index is 618. The average molecular weight is 343 g/mol. The molecule has 2 nitrogen and oxygen atoms in total. The fourth-order valence-electron chi connectivity index (χ4n) is 3.31. The average Bonchev–Trinajstić information content (AvgIpc) is 2.63. The highest BCUT2D eigenvalue weighted by Crippen LogP contribution is 2.36. The Hall–Kier alpha value is -1.74. The minimum atomic E-state index is -1.69. The molecule has 0 aromatic heterocycles. The summed E-state index contributed by atoms with van der Waals surface area (Å²) in [5, 5.41) is 0. The smallest absolute Gasteiger partial charge is 0.250 e. The van der Waals surface area contributed by atoms with Crippen LogP contribution in [0.4, 0.5) is 0 Å². The Morgan fingerprint density at radius 2 is 1.92 bits per heavy atom. The molecule has 0 spiro atoms. The zero-order valence-corrected chi connectivity index (χ0v) is 16.4. The lowest BCUT2D eigenvalue weighted by molar-refractivity contribution is 0.362. The molecule has 0 bridgehead atoms. The summed E-state index contributed by atoms with van der Waals surface area (Å²) < 4.78 is 12.2. The monoisotopic (exact) mass is 342 g/mol. The van der Waals surface area contributed by atoms with Crippen LogP contribution in [-0.2, 0) is 10.8 Å². The van der Waals surface area contributed by atoms with Gasteiger partial charge >= 0.3 is 0 Å². The number of fused-ring (bicyclic) bond motifs is 1. The molecule has 0 fully saturated rings. The van der Waals surface area contributed by atoms with Crippen molar-refractivity contribution in [2.24, 2.45) is 0 Å². The van der Waals surface area contributed by atoms with Crippen molar-refractivity contribution in [3.63, 3.8) is 0 Å². The van der Waals surface area contributed by atoms with E-state index >= 15 is 0 Å². The van der Waals surface area contributed by atoms with Crippen molar-refractivity contribution in [2.45, 2.75) is 51.7 Å². The van der Waals surface area contributed by atoms with Gasteiger partial charge in [-0.2, -0.15) is 0 Å². The van der Waals surface area contributed by atoms with Crippen molar-refractivity contribution in [2.75, 3.05) is 6.61 Å². The van der Waals surface area contributed by atoms with Gasteiger partial charge in [-0.1, -0.05) is 52.1 Å². The third kappa shape index (κ3) is 4.01. The molecule has 0 saturated carbocycles.